The van der Waals surface area contributed by atoms with Crippen molar-refractivity contribution in [3.8, 4) is 0 Å². The van der Waals surface area contributed by atoms with E-state index in [-0.39, 0.29) is 6.10 Å². The molecule has 2 aliphatic heterocycles. The molecule has 0 amide bonds. The lowest BCUT2D eigenvalue weighted by Gasteiger charge is -2.30. The fourth-order valence-electron chi connectivity index (χ4n) is 2.12. The van der Waals surface area contributed by atoms with Gasteiger partial charge in [0.05, 0.1) is 25.9 Å². The van der Waals surface area contributed by atoms with Gasteiger partial charge in [-0.3, -0.25) is 4.90 Å². The van der Waals surface area contributed by atoms with Crippen molar-refractivity contribution in [2.24, 2.45) is 5.73 Å². The lowest BCUT2D eigenvalue weighted by Crippen LogP contribution is -2.40. The average Bonchev–Trinajstić information content (AvgIpc) is 2.71. The van der Waals surface area contributed by atoms with Crippen molar-refractivity contribution in [2.45, 2.75) is 25.2 Å². The first kappa shape index (κ1) is 12.3. The number of morpholine rings is 1. The molecular formula is C11H22N2O3. The van der Waals surface area contributed by atoms with Crippen LogP contribution in [0.1, 0.15) is 13.3 Å². The van der Waals surface area contributed by atoms with Crippen LogP contribution in [0.25, 0.3) is 0 Å². The van der Waals surface area contributed by atoms with E-state index in [1.165, 1.54) is 0 Å². The molecule has 2 saturated heterocycles. The predicted molar refractivity (Wildman–Crippen MR) is 60.2 cm³/mol. The standard InChI is InChI=1S/C11H22N2O3/c1-11(15-9-10(8-12)16-11)2-3-13-4-6-14-7-5-13/h10H,2-9,12H2,1H3. The van der Waals surface area contributed by atoms with Gasteiger partial charge in [-0.25, -0.2) is 0 Å². The van der Waals surface area contributed by atoms with Crippen LogP contribution in [0.15, 0.2) is 0 Å². The third-order valence-corrected chi connectivity index (χ3v) is 3.24. The van der Waals surface area contributed by atoms with Crippen molar-refractivity contribution in [1.29, 1.82) is 0 Å². The molecule has 5 nitrogen and oxygen atoms in total. The van der Waals surface area contributed by atoms with E-state index in [4.69, 9.17) is 19.9 Å². The summed E-state index contributed by atoms with van der Waals surface area (Å²) >= 11 is 0. The molecule has 2 unspecified atom stereocenters. The Kier molecular flexibility index (Phi) is 4.16. The maximum atomic E-state index is 5.78. The van der Waals surface area contributed by atoms with Gasteiger partial charge in [-0.05, 0) is 6.92 Å². The Balaban J connectivity index is 1.72. The zero-order chi connectivity index (χ0) is 11.4. The summed E-state index contributed by atoms with van der Waals surface area (Å²) in [7, 11) is 0. The van der Waals surface area contributed by atoms with Crippen LogP contribution in [0.3, 0.4) is 0 Å². The Bertz CT molecular complexity index is 221. The van der Waals surface area contributed by atoms with Crippen LogP contribution in [0.5, 0.6) is 0 Å². The number of nitrogens with two attached hydrogens (primary N) is 1. The van der Waals surface area contributed by atoms with Gasteiger partial charge in [0.2, 0.25) is 0 Å². The molecule has 0 saturated carbocycles. The highest BCUT2D eigenvalue weighted by Gasteiger charge is 2.36. The molecule has 0 aromatic heterocycles. The molecule has 2 fully saturated rings. The zero-order valence-electron chi connectivity index (χ0n) is 9.98. The van der Waals surface area contributed by atoms with Crippen molar-refractivity contribution in [1.82, 2.24) is 4.90 Å². The SMILES string of the molecule is CC1(CCN2CCOCC2)OCC(CN)O1. The van der Waals surface area contributed by atoms with Crippen LogP contribution in [-0.2, 0) is 14.2 Å². The summed E-state index contributed by atoms with van der Waals surface area (Å²) < 4.78 is 16.8. The largest absolute Gasteiger partial charge is 0.379 e. The molecular weight excluding hydrogens is 208 g/mol. The Labute approximate surface area is 96.8 Å². The topological polar surface area (TPSA) is 57.0 Å². The van der Waals surface area contributed by atoms with Crippen LogP contribution >= 0.6 is 0 Å². The van der Waals surface area contributed by atoms with Gasteiger partial charge in [-0.1, -0.05) is 0 Å². The number of rotatable bonds is 4. The molecule has 94 valence electrons. The number of nitrogens with zero attached hydrogens (tertiary/aromatic N) is 1. The maximum Gasteiger partial charge on any atom is 0.167 e. The van der Waals surface area contributed by atoms with Gasteiger partial charge in [0.25, 0.3) is 0 Å². The smallest absolute Gasteiger partial charge is 0.167 e. The quantitative estimate of drug-likeness (QED) is 0.725. The summed E-state index contributed by atoms with van der Waals surface area (Å²) in [6.07, 6.45) is 0.957. The molecule has 0 radical (unpaired) electrons. The Hall–Kier alpha value is -0.200. The number of hydrogen-bond donors (Lipinski definition) is 1. The lowest BCUT2D eigenvalue weighted by atomic mass is 10.2. The number of ether oxygens (including phenoxy) is 3. The zero-order valence-corrected chi connectivity index (χ0v) is 9.98. The highest BCUT2D eigenvalue weighted by Crippen LogP contribution is 2.26. The highest BCUT2D eigenvalue weighted by atomic mass is 16.7. The van der Waals surface area contributed by atoms with E-state index in [0.717, 1.165) is 39.3 Å². The molecule has 2 rings (SSSR count). The number of hydrogen-bond acceptors (Lipinski definition) is 5. The molecule has 0 aromatic rings. The first-order valence-electron chi connectivity index (χ1n) is 6.04. The second-order valence-corrected chi connectivity index (χ2v) is 4.62. The summed E-state index contributed by atoms with van der Waals surface area (Å²) in [5.41, 5.74) is 5.56. The van der Waals surface area contributed by atoms with E-state index in [9.17, 15) is 0 Å². The Morgan fingerprint density at radius 3 is 2.75 bits per heavy atom. The predicted octanol–water partition coefficient (Wildman–Crippen LogP) is -0.201. The first-order chi connectivity index (χ1) is 7.72. The minimum atomic E-state index is -0.442. The molecule has 0 bridgehead atoms. The second-order valence-electron chi connectivity index (χ2n) is 4.62. The Morgan fingerprint density at radius 1 is 1.38 bits per heavy atom. The fraction of sp³-hybridized carbons (Fsp3) is 1.00. The van der Waals surface area contributed by atoms with Crippen LogP contribution in [0.4, 0.5) is 0 Å². The molecule has 0 aliphatic carbocycles. The average molecular weight is 230 g/mol. The third-order valence-electron chi connectivity index (χ3n) is 3.24. The van der Waals surface area contributed by atoms with Gasteiger partial charge >= 0.3 is 0 Å². The molecule has 16 heavy (non-hydrogen) atoms. The minimum absolute atomic E-state index is 0.0645. The van der Waals surface area contributed by atoms with Crippen molar-refractivity contribution in [2.75, 3.05) is 46.0 Å². The molecule has 2 heterocycles. The molecule has 2 N–H and O–H groups in total. The van der Waals surface area contributed by atoms with E-state index < -0.39 is 5.79 Å². The molecule has 5 heteroatoms. The summed E-state index contributed by atoms with van der Waals surface area (Å²) in [6.45, 7) is 7.85. The summed E-state index contributed by atoms with van der Waals surface area (Å²) in [6, 6.07) is 0. The monoisotopic (exact) mass is 230 g/mol. The summed E-state index contributed by atoms with van der Waals surface area (Å²) in [5.74, 6) is -0.442. The van der Waals surface area contributed by atoms with Gasteiger partial charge in [-0.15, -0.1) is 0 Å². The van der Waals surface area contributed by atoms with Gasteiger partial charge in [0.1, 0.15) is 0 Å². The van der Waals surface area contributed by atoms with E-state index >= 15 is 0 Å². The summed E-state index contributed by atoms with van der Waals surface area (Å²) in [4.78, 5) is 2.39. The second kappa shape index (κ2) is 5.42. The van der Waals surface area contributed by atoms with E-state index in [1.807, 2.05) is 6.92 Å². The van der Waals surface area contributed by atoms with Crippen molar-refractivity contribution >= 4 is 0 Å². The fourth-order valence-corrected chi connectivity index (χ4v) is 2.12. The third kappa shape index (κ3) is 3.15. The van der Waals surface area contributed by atoms with Gasteiger partial charge < -0.3 is 19.9 Å². The molecule has 0 spiro atoms. The van der Waals surface area contributed by atoms with Crippen molar-refractivity contribution < 1.29 is 14.2 Å². The lowest BCUT2D eigenvalue weighted by molar-refractivity contribution is -0.161. The summed E-state index contributed by atoms with van der Waals surface area (Å²) in [5, 5.41) is 0. The maximum absolute atomic E-state index is 5.78. The van der Waals surface area contributed by atoms with Gasteiger partial charge in [0.15, 0.2) is 5.79 Å². The van der Waals surface area contributed by atoms with Gasteiger partial charge in [0, 0.05) is 32.6 Å². The molecule has 2 aliphatic rings. The molecule has 0 aromatic carbocycles. The minimum Gasteiger partial charge on any atom is -0.379 e. The van der Waals surface area contributed by atoms with Crippen LogP contribution < -0.4 is 5.73 Å². The van der Waals surface area contributed by atoms with Crippen molar-refractivity contribution in [3.63, 3.8) is 0 Å². The van der Waals surface area contributed by atoms with Crippen LogP contribution in [-0.4, -0.2) is 62.8 Å². The molecule has 2 atom stereocenters. The Morgan fingerprint density at radius 2 is 2.12 bits per heavy atom. The highest BCUT2D eigenvalue weighted by molar-refractivity contribution is 4.77. The first-order valence-corrected chi connectivity index (χ1v) is 6.04. The van der Waals surface area contributed by atoms with E-state index in [0.29, 0.717) is 13.2 Å². The normalized spacial score (nSPS) is 36.8. The van der Waals surface area contributed by atoms with Crippen LogP contribution in [0.2, 0.25) is 0 Å². The van der Waals surface area contributed by atoms with Crippen LogP contribution in [0, 0.1) is 0 Å². The van der Waals surface area contributed by atoms with E-state index in [1.54, 1.807) is 0 Å². The van der Waals surface area contributed by atoms with Crippen molar-refractivity contribution in [3.05, 3.63) is 0 Å². The van der Waals surface area contributed by atoms with Gasteiger partial charge in [-0.2, -0.15) is 0 Å². The van der Waals surface area contributed by atoms with E-state index in [2.05, 4.69) is 4.90 Å².